The van der Waals surface area contributed by atoms with Gasteiger partial charge >= 0.3 is 0 Å². The van der Waals surface area contributed by atoms with Gasteiger partial charge in [-0.3, -0.25) is 14.3 Å². The zero-order chi connectivity index (χ0) is 23.7. The Bertz CT molecular complexity index is 1420. The van der Waals surface area contributed by atoms with Gasteiger partial charge in [0, 0.05) is 51.4 Å². The van der Waals surface area contributed by atoms with E-state index in [-0.39, 0.29) is 5.56 Å². The second-order valence-electron chi connectivity index (χ2n) is 8.93. The van der Waals surface area contributed by atoms with Gasteiger partial charge in [-0.1, -0.05) is 35.9 Å². The van der Waals surface area contributed by atoms with Gasteiger partial charge in [0.15, 0.2) is 0 Å². The molecule has 8 heteroatoms. The maximum Gasteiger partial charge on any atom is 0.278 e. The highest BCUT2D eigenvalue weighted by Gasteiger charge is 2.26. The second-order valence-corrected chi connectivity index (χ2v) is 8.93. The molecule has 0 atom stereocenters. The third kappa shape index (κ3) is 3.94. The number of fused-ring (bicyclic) bond motifs is 2. The third-order valence-corrected chi connectivity index (χ3v) is 6.42. The fourth-order valence-electron chi connectivity index (χ4n) is 4.72. The third-order valence-electron chi connectivity index (χ3n) is 6.42. The minimum absolute atomic E-state index is 0.0558. The SMILES string of the molecule is CNc1c(N2CCNCC2)n(CC=C(C)C)c2c(=O)n(Cc3nccc4ccccc34)cnc12. The van der Waals surface area contributed by atoms with Gasteiger partial charge in [0.25, 0.3) is 5.56 Å². The number of anilines is 2. The molecular weight excluding hydrogens is 426 g/mol. The van der Waals surface area contributed by atoms with Crippen LogP contribution in [0.15, 0.2) is 59.3 Å². The van der Waals surface area contributed by atoms with Crippen molar-refractivity contribution < 1.29 is 0 Å². The molecule has 0 spiro atoms. The molecule has 1 aromatic carbocycles. The highest BCUT2D eigenvalue weighted by Crippen LogP contribution is 2.35. The molecule has 176 valence electrons. The first-order valence-corrected chi connectivity index (χ1v) is 11.8. The van der Waals surface area contributed by atoms with Crippen LogP contribution in [0.3, 0.4) is 0 Å². The molecular formula is C26H31N7O. The lowest BCUT2D eigenvalue weighted by molar-refractivity contribution is 0.577. The molecule has 8 nitrogen and oxygen atoms in total. The Morgan fingerprint density at radius 2 is 1.94 bits per heavy atom. The molecule has 0 radical (unpaired) electrons. The number of rotatable bonds is 6. The van der Waals surface area contributed by atoms with Crippen molar-refractivity contribution in [2.45, 2.75) is 26.9 Å². The van der Waals surface area contributed by atoms with Gasteiger partial charge in [0.05, 0.1) is 18.6 Å². The van der Waals surface area contributed by atoms with E-state index in [4.69, 9.17) is 4.98 Å². The van der Waals surface area contributed by atoms with E-state index in [9.17, 15) is 4.79 Å². The van der Waals surface area contributed by atoms with Crippen LogP contribution in [-0.2, 0) is 13.1 Å². The van der Waals surface area contributed by atoms with Gasteiger partial charge < -0.3 is 20.1 Å². The number of hydrogen-bond donors (Lipinski definition) is 2. The van der Waals surface area contributed by atoms with Crippen molar-refractivity contribution in [2.75, 3.05) is 43.4 Å². The molecule has 3 aromatic heterocycles. The number of allylic oxidation sites excluding steroid dienone is 2. The van der Waals surface area contributed by atoms with Crippen molar-refractivity contribution in [3.05, 3.63) is 70.6 Å². The van der Waals surface area contributed by atoms with Crippen LogP contribution in [0.5, 0.6) is 0 Å². The summed E-state index contributed by atoms with van der Waals surface area (Å²) in [5, 5.41) is 8.92. The molecule has 1 aliphatic heterocycles. The molecule has 0 bridgehead atoms. The van der Waals surface area contributed by atoms with Gasteiger partial charge in [-0.2, -0.15) is 0 Å². The van der Waals surface area contributed by atoms with Crippen LogP contribution in [0.25, 0.3) is 21.8 Å². The fraction of sp³-hybridized carbons (Fsp3) is 0.346. The van der Waals surface area contributed by atoms with E-state index in [2.05, 4.69) is 51.1 Å². The van der Waals surface area contributed by atoms with Crippen LogP contribution < -0.4 is 21.1 Å². The summed E-state index contributed by atoms with van der Waals surface area (Å²) in [6.45, 7) is 8.75. The Morgan fingerprint density at radius 1 is 1.15 bits per heavy atom. The summed E-state index contributed by atoms with van der Waals surface area (Å²) >= 11 is 0. The van der Waals surface area contributed by atoms with Crippen LogP contribution in [0.2, 0.25) is 0 Å². The Kier molecular flexibility index (Phi) is 6.06. The Hall–Kier alpha value is -3.65. The van der Waals surface area contributed by atoms with Crippen molar-refractivity contribution in [1.82, 2.24) is 24.4 Å². The summed E-state index contributed by atoms with van der Waals surface area (Å²) in [6, 6.07) is 10.1. The van der Waals surface area contributed by atoms with Gasteiger partial charge in [-0.05, 0) is 25.3 Å². The van der Waals surface area contributed by atoms with E-state index in [0.29, 0.717) is 24.1 Å². The van der Waals surface area contributed by atoms with Crippen LogP contribution in [0, 0.1) is 0 Å². The van der Waals surface area contributed by atoms with Gasteiger partial charge in [-0.15, -0.1) is 0 Å². The van der Waals surface area contributed by atoms with Crippen LogP contribution in [0.4, 0.5) is 11.5 Å². The zero-order valence-corrected chi connectivity index (χ0v) is 20.0. The monoisotopic (exact) mass is 457 g/mol. The first kappa shape index (κ1) is 22.2. The average Bonchev–Trinajstić information content (AvgIpc) is 3.19. The maximum absolute atomic E-state index is 13.9. The molecule has 1 aliphatic rings. The summed E-state index contributed by atoms with van der Waals surface area (Å²) in [7, 11) is 1.90. The normalized spacial score (nSPS) is 14.0. The van der Waals surface area contributed by atoms with Gasteiger partial charge in [0.1, 0.15) is 22.5 Å². The number of nitrogens with zero attached hydrogens (tertiary/aromatic N) is 5. The Morgan fingerprint density at radius 3 is 2.71 bits per heavy atom. The largest absolute Gasteiger partial charge is 0.383 e. The highest BCUT2D eigenvalue weighted by atomic mass is 16.1. The van der Waals surface area contributed by atoms with E-state index in [1.807, 2.05) is 31.3 Å². The number of benzene rings is 1. The topological polar surface area (TPSA) is 80.0 Å². The summed E-state index contributed by atoms with van der Waals surface area (Å²) in [4.78, 5) is 25.6. The smallest absolute Gasteiger partial charge is 0.278 e. The molecule has 0 aliphatic carbocycles. The molecule has 1 saturated heterocycles. The summed E-state index contributed by atoms with van der Waals surface area (Å²) in [6.07, 6.45) is 5.61. The molecule has 1 fully saturated rings. The fourth-order valence-corrected chi connectivity index (χ4v) is 4.72. The van der Waals surface area contributed by atoms with Crippen molar-refractivity contribution in [2.24, 2.45) is 0 Å². The lowest BCUT2D eigenvalue weighted by Gasteiger charge is -2.31. The summed E-state index contributed by atoms with van der Waals surface area (Å²) < 4.78 is 3.80. The molecule has 34 heavy (non-hydrogen) atoms. The predicted molar refractivity (Wildman–Crippen MR) is 139 cm³/mol. The molecule has 5 rings (SSSR count). The summed E-state index contributed by atoms with van der Waals surface area (Å²) in [5.74, 6) is 1.03. The number of aromatic nitrogens is 4. The number of pyridine rings is 1. The average molecular weight is 458 g/mol. The molecule has 0 saturated carbocycles. The molecule has 0 unspecified atom stereocenters. The number of hydrogen-bond acceptors (Lipinski definition) is 6. The Labute approximate surface area is 198 Å². The number of nitrogens with one attached hydrogen (secondary N) is 2. The van der Waals surface area contributed by atoms with Crippen molar-refractivity contribution in [3.8, 4) is 0 Å². The van der Waals surface area contributed by atoms with Gasteiger partial charge in [0.2, 0.25) is 0 Å². The van der Waals surface area contributed by atoms with Crippen LogP contribution in [-0.4, -0.2) is 52.3 Å². The van der Waals surface area contributed by atoms with Crippen LogP contribution >= 0.6 is 0 Å². The standard InChI is InChI=1S/C26H31N7O/c1-18(2)9-13-33-24-22(23(27-3)25(33)31-14-11-28-12-15-31)30-17-32(26(24)34)16-21-20-7-5-4-6-19(20)8-10-29-21/h4-10,17,27-28H,11-16H2,1-3H3. The van der Waals surface area contributed by atoms with E-state index < -0.39 is 0 Å². The van der Waals surface area contributed by atoms with E-state index >= 15 is 0 Å². The second kappa shape index (κ2) is 9.30. The van der Waals surface area contributed by atoms with E-state index in [0.717, 1.165) is 54.2 Å². The van der Waals surface area contributed by atoms with E-state index in [1.165, 1.54) is 5.57 Å². The lowest BCUT2D eigenvalue weighted by Crippen LogP contribution is -2.44. The predicted octanol–water partition coefficient (Wildman–Crippen LogP) is 3.21. The maximum atomic E-state index is 13.9. The zero-order valence-electron chi connectivity index (χ0n) is 20.0. The molecule has 2 N–H and O–H groups in total. The minimum Gasteiger partial charge on any atom is -0.383 e. The van der Waals surface area contributed by atoms with Crippen LogP contribution in [0.1, 0.15) is 19.5 Å². The van der Waals surface area contributed by atoms with Crippen molar-refractivity contribution in [3.63, 3.8) is 0 Å². The molecule has 4 heterocycles. The number of piperazine rings is 1. The quantitative estimate of drug-likeness (QED) is 0.433. The Balaban J connectivity index is 1.69. The first-order valence-electron chi connectivity index (χ1n) is 11.8. The molecule has 0 amide bonds. The van der Waals surface area contributed by atoms with Crippen molar-refractivity contribution in [1.29, 1.82) is 0 Å². The minimum atomic E-state index is -0.0558. The highest BCUT2D eigenvalue weighted by molar-refractivity contribution is 5.97. The van der Waals surface area contributed by atoms with Crippen molar-refractivity contribution >= 4 is 33.3 Å². The lowest BCUT2D eigenvalue weighted by atomic mass is 10.1. The van der Waals surface area contributed by atoms with Gasteiger partial charge in [-0.25, -0.2) is 4.98 Å². The first-order chi connectivity index (χ1) is 16.6. The summed E-state index contributed by atoms with van der Waals surface area (Å²) in [5.41, 5.74) is 4.26. The van der Waals surface area contributed by atoms with E-state index in [1.54, 1.807) is 17.1 Å². The molecule has 4 aromatic rings.